The first-order valence-electron chi connectivity index (χ1n) is 5.35. The molecule has 0 spiro atoms. The van der Waals surface area contributed by atoms with Crippen molar-refractivity contribution >= 4 is 5.78 Å². The van der Waals surface area contributed by atoms with Crippen molar-refractivity contribution in [1.82, 2.24) is 4.90 Å². The highest BCUT2D eigenvalue weighted by Crippen LogP contribution is 2.04. The Bertz CT molecular complexity index is 367. The minimum Gasteiger partial charge on any atom is -0.299 e. The first-order chi connectivity index (χ1) is 7.72. The minimum atomic E-state index is 0.133. The van der Waals surface area contributed by atoms with E-state index in [2.05, 4.69) is 6.07 Å². The van der Waals surface area contributed by atoms with Crippen LogP contribution in [0.15, 0.2) is 30.3 Å². The van der Waals surface area contributed by atoms with E-state index in [9.17, 15) is 4.79 Å². The largest absolute Gasteiger partial charge is 0.299 e. The van der Waals surface area contributed by atoms with E-state index in [1.807, 2.05) is 35.2 Å². The van der Waals surface area contributed by atoms with Crippen molar-refractivity contribution in [2.75, 3.05) is 13.1 Å². The maximum absolute atomic E-state index is 11.1. The van der Waals surface area contributed by atoms with Crippen molar-refractivity contribution < 1.29 is 4.79 Å². The number of carbonyl (C=O) groups excluding carboxylic acids is 1. The third-order valence-corrected chi connectivity index (χ3v) is 2.24. The van der Waals surface area contributed by atoms with Crippen LogP contribution >= 0.6 is 0 Å². The highest BCUT2D eigenvalue weighted by molar-refractivity contribution is 5.77. The SMILES string of the molecule is CC(=O)CN(CCC#N)Cc1ccccc1. The molecule has 0 atom stereocenters. The summed E-state index contributed by atoms with van der Waals surface area (Å²) >= 11 is 0. The van der Waals surface area contributed by atoms with Gasteiger partial charge in [-0.15, -0.1) is 0 Å². The van der Waals surface area contributed by atoms with E-state index in [4.69, 9.17) is 5.26 Å². The molecule has 0 aromatic heterocycles. The molecule has 84 valence electrons. The lowest BCUT2D eigenvalue weighted by molar-refractivity contribution is -0.118. The van der Waals surface area contributed by atoms with Gasteiger partial charge in [0.1, 0.15) is 5.78 Å². The van der Waals surface area contributed by atoms with Gasteiger partial charge in [0.25, 0.3) is 0 Å². The van der Waals surface area contributed by atoms with Crippen molar-refractivity contribution in [2.24, 2.45) is 0 Å². The molecule has 1 aromatic rings. The summed E-state index contributed by atoms with van der Waals surface area (Å²) in [6, 6.07) is 12.1. The van der Waals surface area contributed by atoms with Crippen LogP contribution in [0.2, 0.25) is 0 Å². The second kappa shape index (κ2) is 6.76. The Morgan fingerprint density at radius 3 is 2.62 bits per heavy atom. The maximum atomic E-state index is 11.1. The number of rotatable bonds is 6. The number of carbonyl (C=O) groups is 1. The zero-order valence-electron chi connectivity index (χ0n) is 9.52. The number of ketones is 1. The quantitative estimate of drug-likeness (QED) is 0.730. The Balaban J connectivity index is 2.56. The highest BCUT2D eigenvalue weighted by Gasteiger charge is 2.07. The summed E-state index contributed by atoms with van der Waals surface area (Å²) in [6.45, 7) is 3.36. The van der Waals surface area contributed by atoms with Gasteiger partial charge in [-0.25, -0.2) is 0 Å². The van der Waals surface area contributed by atoms with Crippen LogP contribution < -0.4 is 0 Å². The van der Waals surface area contributed by atoms with Gasteiger partial charge in [0.05, 0.1) is 12.6 Å². The predicted octanol–water partition coefficient (Wildman–Crippen LogP) is 1.99. The van der Waals surface area contributed by atoms with Crippen LogP contribution in [-0.4, -0.2) is 23.8 Å². The van der Waals surface area contributed by atoms with Crippen LogP contribution in [0.4, 0.5) is 0 Å². The Morgan fingerprint density at radius 1 is 1.38 bits per heavy atom. The van der Waals surface area contributed by atoms with Crippen LogP contribution in [-0.2, 0) is 11.3 Å². The molecule has 3 heteroatoms. The average Bonchev–Trinajstić information content (AvgIpc) is 2.26. The van der Waals surface area contributed by atoms with Crippen LogP contribution in [0.5, 0.6) is 0 Å². The Kier molecular flexibility index (Phi) is 5.24. The molecule has 0 amide bonds. The van der Waals surface area contributed by atoms with Gasteiger partial charge in [0.2, 0.25) is 0 Å². The molecule has 0 aliphatic carbocycles. The Hall–Kier alpha value is -1.66. The summed E-state index contributed by atoms with van der Waals surface area (Å²) < 4.78 is 0. The van der Waals surface area contributed by atoms with Crippen molar-refractivity contribution in [3.8, 4) is 6.07 Å². The number of nitrogens with zero attached hydrogens (tertiary/aromatic N) is 2. The molecule has 1 aromatic carbocycles. The lowest BCUT2D eigenvalue weighted by Crippen LogP contribution is -2.29. The normalized spacial score (nSPS) is 10.1. The van der Waals surface area contributed by atoms with Crippen molar-refractivity contribution in [3.63, 3.8) is 0 Å². The minimum absolute atomic E-state index is 0.133. The molecule has 0 N–H and O–H groups in total. The molecule has 1 rings (SSSR count). The molecule has 0 radical (unpaired) electrons. The van der Waals surface area contributed by atoms with Crippen LogP contribution in [0.1, 0.15) is 18.9 Å². The van der Waals surface area contributed by atoms with Crippen LogP contribution in [0.3, 0.4) is 0 Å². The summed E-state index contributed by atoms with van der Waals surface area (Å²) in [4.78, 5) is 13.1. The topological polar surface area (TPSA) is 44.1 Å². The number of hydrogen-bond donors (Lipinski definition) is 0. The van der Waals surface area contributed by atoms with E-state index in [-0.39, 0.29) is 5.78 Å². The summed E-state index contributed by atoms with van der Waals surface area (Å²) in [7, 11) is 0. The Morgan fingerprint density at radius 2 is 2.06 bits per heavy atom. The van der Waals surface area contributed by atoms with E-state index in [0.29, 0.717) is 19.5 Å². The summed E-state index contributed by atoms with van der Waals surface area (Å²) in [5.74, 6) is 0.133. The van der Waals surface area contributed by atoms with Crippen LogP contribution in [0.25, 0.3) is 0 Å². The summed E-state index contributed by atoms with van der Waals surface area (Å²) in [6.07, 6.45) is 0.458. The van der Waals surface area contributed by atoms with Gasteiger partial charge in [-0.1, -0.05) is 30.3 Å². The second-order valence-electron chi connectivity index (χ2n) is 3.81. The van der Waals surface area contributed by atoms with Crippen LogP contribution in [0, 0.1) is 11.3 Å². The molecule has 16 heavy (non-hydrogen) atoms. The standard InChI is InChI=1S/C13H16N2O/c1-12(16)10-15(9-5-8-14)11-13-6-3-2-4-7-13/h2-4,6-7H,5,9-11H2,1H3. The molecule has 0 saturated carbocycles. The average molecular weight is 216 g/mol. The molecular formula is C13H16N2O. The van der Waals surface area contributed by atoms with E-state index in [1.54, 1.807) is 6.92 Å². The summed E-state index contributed by atoms with van der Waals surface area (Å²) in [5.41, 5.74) is 1.17. The molecule has 0 fully saturated rings. The smallest absolute Gasteiger partial charge is 0.143 e. The third kappa shape index (κ3) is 4.72. The lowest BCUT2D eigenvalue weighted by Gasteiger charge is -2.19. The van der Waals surface area contributed by atoms with Crippen molar-refractivity contribution in [3.05, 3.63) is 35.9 Å². The molecule has 0 bridgehead atoms. The highest BCUT2D eigenvalue weighted by atomic mass is 16.1. The molecular weight excluding hydrogens is 200 g/mol. The molecule has 0 aliphatic rings. The predicted molar refractivity (Wildman–Crippen MR) is 62.6 cm³/mol. The fourth-order valence-electron chi connectivity index (χ4n) is 1.58. The number of nitriles is 1. The second-order valence-corrected chi connectivity index (χ2v) is 3.81. The molecule has 0 unspecified atom stereocenters. The van der Waals surface area contributed by atoms with Gasteiger partial charge >= 0.3 is 0 Å². The van der Waals surface area contributed by atoms with Crippen molar-refractivity contribution in [1.29, 1.82) is 5.26 Å². The zero-order chi connectivity index (χ0) is 11.8. The zero-order valence-corrected chi connectivity index (χ0v) is 9.52. The fraction of sp³-hybridized carbons (Fsp3) is 0.385. The molecule has 0 saturated heterocycles. The summed E-state index contributed by atoms with van der Waals surface area (Å²) in [5, 5.41) is 8.55. The van der Waals surface area contributed by atoms with E-state index in [0.717, 1.165) is 6.54 Å². The van der Waals surface area contributed by atoms with Gasteiger partial charge in [0, 0.05) is 19.5 Å². The Labute approximate surface area is 96.3 Å². The first-order valence-corrected chi connectivity index (χ1v) is 5.35. The number of hydrogen-bond acceptors (Lipinski definition) is 3. The van der Waals surface area contributed by atoms with E-state index >= 15 is 0 Å². The van der Waals surface area contributed by atoms with Gasteiger partial charge in [-0.05, 0) is 12.5 Å². The van der Waals surface area contributed by atoms with E-state index in [1.165, 1.54) is 5.56 Å². The van der Waals surface area contributed by atoms with E-state index < -0.39 is 0 Å². The first kappa shape index (κ1) is 12.4. The number of Topliss-reactive ketones (excluding diaryl/α,β-unsaturated/α-hetero) is 1. The molecule has 0 heterocycles. The van der Waals surface area contributed by atoms with Crippen molar-refractivity contribution in [2.45, 2.75) is 19.9 Å². The third-order valence-electron chi connectivity index (χ3n) is 2.24. The maximum Gasteiger partial charge on any atom is 0.143 e. The molecule has 3 nitrogen and oxygen atoms in total. The van der Waals surface area contributed by atoms with Gasteiger partial charge in [-0.2, -0.15) is 5.26 Å². The molecule has 0 aliphatic heterocycles. The van der Waals surface area contributed by atoms with Gasteiger partial charge in [-0.3, -0.25) is 9.69 Å². The van der Waals surface area contributed by atoms with Gasteiger partial charge < -0.3 is 0 Å². The number of benzene rings is 1. The fourth-order valence-corrected chi connectivity index (χ4v) is 1.58. The monoisotopic (exact) mass is 216 g/mol. The lowest BCUT2D eigenvalue weighted by atomic mass is 10.2. The van der Waals surface area contributed by atoms with Gasteiger partial charge in [0.15, 0.2) is 0 Å².